The second-order valence-corrected chi connectivity index (χ2v) is 5.14. The molecule has 2 N–H and O–H groups in total. The van der Waals surface area contributed by atoms with E-state index >= 15 is 0 Å². The Hall–Kier alpha value is -1.59. The molecule has 5 nitrogen and oxygen atoms in total. The van der Waals surface area contributed by atoms with Crippen LogP contribution in [0.15, 0.2) is 18.2 Å². The summed E-state index contributed by atoms with van der Waals surface area (Å²) in [5.74, 6) is -0.347. The number of hydrogen-bond donors (Lipinski definition) is 2. The van der Waals surface area contributed by atoms with Crippen LogP contribution in [0, 0.1) is 0 Å². The maximum atomic E-state index is 11.4. The summed E-state index contributed by atoms with van der Waals surface area (Å²) in [4.78, 5) is 13.7. The molecular weight excluding hydrogens is 244 g/mol. The molecule has 2 unspecified atom stereocenters. The van der Waals surface area contributed by atoms with Gasteiger partial charge in [-0.15, -0.1) is 0 Å². The molecule has 2 aliphatic rings. The van der Waals surface area contributed by atoms with Crippen molar-refractivity contribution >= 4 is 17.3 Å². The molecule has 0 saturated carbocycles. The van der Waals surface area contributed by atoms with Crippen molar-refractivity contribution < 1.29 is 14.6 Å². The van der Waals surface area contributed by atoms with E-state index in [0.717, 1.165) is 31.8 Å². The summed E-state index contributed by atoms with van der Waals surface area (Å²) in [5.41, 5.74) is 2.44. The molecule has 1 saturated heterocycles. The third-order valence-electron chi connectivity index (χ3n) is 3.66. The lowest BCUT2D eigenvalue weighted by Crippen LogP contribution is -2.30. The molecule has 0 aromatic heterocycles. The van der Waals surface area contributed by atoms with Crippen molar-refractivity contribution in [2.45, 2.75) is 25.6 Å². The summed E-state index contributed by atoms with van der Waals surface area (Å²) >= 11 is 0. The minimum absolute atomic E-state index is 0.205. The molecule has 0 bridgehead atoms. The molecule has 2 heterocycles. The largest absolute Gasteiger partial charge is 0.378 e. The molecule has 1 fully saturated rings. The van der Waals surface area contributed by atoms with Gasteiger partial charge in [0, 0.05) is 36.6 Å². The van der Waals surface area contributed by atoms with Gasteiger partial charge in [0.25, 0.3) is 5.91 Å². The summed E-state index contributed by atoms with van der Waals surface area (Å²) < 4.78 is 5.63. The van der Waals surface area contributed by atoms with Crippen molar-refractivity contribution in [3.8, 4) is 0 Å². The zero-order valence-corrected chi connectivity index (χ0v) is 10.9. The number of amides is 1. The number of hydrogen-bond acceptors (Lipinski definition) is 4. The van der Waals surface area contributed by atoms with Crippen LogP contribution in [0.1, 0.15) is 25.0 Å². The Morgan fingerprint density at radius 1 is 1.47 bits per heavy atom. The second-order valence-electron chi connectivity index (χ2n) is 5.14. The number of nitrogens with one attached hydrogen (secondary N) is 1. The van der Waals surface area contributed by atoms with Gasteiger partial charge in [0.2, 0.25) is 0 Å². The molecule has 3 rings (SSSR count). The summed E-state index contributed by atoms with van der Waals surface area (Å²) in [6, 6.07) is 5.71. The fourth-order valence-electron chi connectivity index (χ4n) is 2.66. The van der Waals surface area contributed by atoms with Gasteiger partial charge in [-0.25, -0.2) is 0 Å². The van der Waals surface area contributed by atoms with Crippen LogP contribution in [-0.4, -0.2) is 36.8 Å². The standard InChI is InChI=1S/C14H18N2O3/c1-9-8-16(5-2-6-19-9)10-3-4-11-12(7-10)15-14(18)13(11)17/h3-4,7,9,13,17H,2,5-6,8H2,1H3,(H,15,18). The van der Waals surface area contributed by atoms with Crippen molar-refractivity contribution in [2.75, 3.05) is 29.9 Å². The lowest BCUT2D eigenvalue weighted by molar-refractivity contribution is -0.123. The molecule has 0 aliphatic carbocycles. The third-order valence-corrected chi connectivity index (χ3v) is 3.66. The van der Waals surface area contributed by atoms with E-state index in [4.69, 9.17) is 4.74 Å². The topological polar surface area (TPSA) is 61.8 Å². The van der Waals surface area contributed by atoms with E-state index in [0.29, 0.717) is 11.3 Å². The maximum absolute atomic E-state index is 11.4. The fraction of sp³-hybridized carbons (Fsp3) is 0.500. The number of fused-ring (bicyclic) bond motifs is 1. The van der Waals surface area contributed by atoms with Crippen LogP contribution in [-0.2, 0) is 9.53 Å². The quantitative estimate of drug-likeness (QED) is 0.800. The first-order valence-corrected chi connectivity index (χ1v) is 6.64. The van der Waals surface area contributed by atoms with Gasteiger partial charge in [-0.3, -0.25) is 4.79 Å². The van der Waals surface area contributed by atoms with Gasteiger partial charge in [0.1, 0.15) is 0 Å². The minimum Gasteiger partial charge on any atom is -0.378 e. The van der Waals surface area contributed by atoms with Crippen molar-refractivity contribution in [2.24, 2.45) is 0 Å². The van der Waals surface area contributed by atoms with E-state index in [-0.39, 0.29) is 12.0 Å². The highest BCUT2D eigenvalue weighted by Crippen LogP contribution is 2.34. The molecule has 19 heavy (non-hydrogen) atoms. The first-order valence-electron chi connectivity index (χ1n) is 6.64. The van der Waals surface area contributed by atoms with Crippen molar-refractivity contribution in [3.05, 3.63) is 23.8 Å². The smallest absolute Gasteiger partial charge is 0.257 e. The Balaban J connectivity index is 1.86. The maximum Gasteiger partial charge on any atom is 0.257 e. The number of aliphatic hydroxyl groups is 1. The van der Waals surface area contributed by atoms with Gasteiger partial charge in [-0.05, 0) is 25.5 Å². The fourth-order valence-corrected chi connectivity index (χ4v) is 2.66. The lowest BCUT2D eigenvalue weighted by atomic mass is 10.1. The van der Waals surface area contributed by atoms with Crippen LogP contribution in [0.5, 0.6) is 0 Å². The van der Waals surface area contributed by atoms with Gasteiger partial charge in [-0.1, -0.05) is 6.07 Å². The van der Waals surface area contributed by atoms with Crippen LogP contribution in [0.2, 0.25) is 0 Å². The Kier molecular flexibility index (Phi) is 3.16. The number of rotatable bonds is 1. The number of carbonyl (C=O) groups is 1. The highest BCUT2D eigenvalue weighted by molar-refractivity contribution is 6.02. The van der Waals surface area contributed by atoms with E-state index in [2.05, 4.69) is 17.1 Å². The van der Waals surface area contributed by atoms with Crippen LogP contribution in [0.25, 0.3) is 0 Å². The average molecular weight is 262 g/mol. The molecule has 1 amide bonds. The monoisotopic (exact) mass is 262 g/mol. The van der Waals surface area contributed by atoms with Crippen LogP contribution in [0.4, 0.5) is 11.4 Å². The Bertz CT molecular complexity index is 503. The SMILES string of the molecule is CC1CN(c2ccc3c(c2)NC(=O)C3O)CCCO1. The Morgan fingerprint density at radius 2 is 2.32 bits per heavy atom. The van der Waals surface area contributed by atoms with Crippen molar-refractivity contribution in [1.82, 2.24) is 0 Å². The number of nitrogens with zero attached hydrogens (tertiary/aromatic N) is 1. The predicted octanol–water partition coefficient (Wildman–Crippen LogP) is 1.29. The number of anilines is 2. The van der Waals surface area contributed by atoms with E-state index in [1.165, 1.54) is 0 Å². The van der Waals surface area contributed by atoms with Gasteiger partial charge in [0.05, 0.1) is 6.10 Å². The van der Waals surface area contributed by atoms with Crippen molar-refractivity contribution in [3.63, 3.8) is 0 Å². The predicted molar refractivity (Wildman–Crippen MR) is 72.3 cm³/mol. The Labute approximate surface area is 112 Å². The number of ether oxygens (including phenoxy) is 1. The molecule has 0 spiro atoms. The molecule has 102 valence electrons. The van der Waals surface area contributed by atoms with E-state index in [1.54, 1.807) is 0 Å². The van der Waals surface area contributed by atoms with E-state index < -0.39 is 6.10 Å². The zero-order valence-electron chi connectivity index (χ0n) is 10.9. The van der Waals surface area contributed by atoms with Crippen LogP contribution < -0.4 is 10.2 Å². The summed E-state index contributed by atoms with van der Waals surface area (Å²) in [7, 11) is 0. The van der Waals surface area contributed by atoms with Crippen LogP contribution in [0.3, 0.4) is 0 Å². The van der Waals surface area contributed by atoms with Crippen LogP contribution >= 0.6 is 0 Å². The van der Waals surface area contributed by atoms with Gasteiger partial charge in [-0.2, -0.15) is 0 Å². The third kappa shape index (κ3) is 2.31. The highest BCUT2D eigenvalue weighted by atomic mass is 16.5. The second kappa shape index (κ2) is 4.83. The lowest BCUT2D eigenvalue weighted by Gasteiger charge is -2.24. The number of benzene rings is 1. The molecule has 5 heteroatoms. The molecule has 2 aliphatic heterocycles. The molecule has 1 aromatic carbocycles. The van der Waals surface area contributed by atoms with Crippen molar-refractivity contribution in [1.29, 1.82) is 0 Å². The summed E-state index contributed by atoms with van der Waals surface area (Å²) in [6.07, 6.45) is 0.169. The van der Waals surface area contributed by atoms with E-state index in [9.17, 15) is 9.90 Å². The molecular formula is C14H18N2O3. The Morgan fingerprint density at radius 3 is 3.16 bits per heavy atom. The van der Waals surface area contributed by atoms with Gasteiger partial charge in [0.15, 0.2) is 6.10 Å². The van der Waals surface area contributed by atoms with Gasteiger partial charge < -0.3 is 20.1 Å². The molecule has 0 radical (unpaired) electrons. The highest BCUT2D eigenvalue weighted by Gasteiger charge is 2.29. The average Bonchev–Trinajstić information content (AvgIpc) is 2.57. The normalized spacial score (nSPS) is 26.8. The molecule has 2 atom stereocenters. The first kappa shape index (κ1) is 12.4. The van der Waals surface area contributed by atoms with Gasteiger partial charge >= 0.3 is 0 Å². The number of aliphatic hydroxyl groups excluding tert-OH is 1. The summed E-state index contributed by atoms with van der Waals surface area (Å²) in [6.45, 7) is 4.64. The summed E-state index contributed by atoms with van der Waals surface area (Å²) in [5, 5.41) is 12.4. The van der Waals surface area contributed by atoms with E-state index in [1.807, 2.05) is 18.2 Å². The minimum atomic E-state index is -1.03. The zero-order chi connectivity index (χ0) is 13.4. The first-order chi connectivity index (χ1) is 9.15. The number of carbonyl (C=O) groups excluding carboxylic acids is 1. The molecule has 1 aromatic rings.